The van der Waals surface area contributed by atoms with Gasteiger partial charge in [0.2, 0.25) is 0 Å². The Hall–Kier alpha value is -0.940. The van der Waals surface area contributed by atoms with Crippen molar-refractivity contribution in [2.24, 2.45) is 0 Å². The molecule has 1 aromatic rings. The van der Waals surface area contributed by atoms with E-state index in [-0.39, 0.29) is 12.5 Å². The van der Waals surface area contributed by atoms with Crippen LogP contribution in [0.2, 0.25) is 0 Å². The predicted octanol–water partition coefficient (Wildman–Crippen LogP) is 0.562. The number of nitrogens with one attached hydrogen (secondary N) is 1. The van der Waals surface area contributed by atoms with Crippen LogP contribution < -0.4 is 5.32 Å². The van der Waals surface area contributed by atoms with E-state index in [1.54, 1.807) is 19.4 Å². The van der Waals surface area contributed by atoms with Gasteiger partial charge in [-0.2, -0.15) is 0 Å². The van der Waals surface area contributed by atoms with E-state index in [4.69, 9.17) is 5.11 Å². The molecule has 13 heavy (non-hydrogen) atoms. The smallest absolute Gasteiger partial charge is 0.263 e. The van der Waals surface area contributed by atoms with Gasteiger partial charge in [0.05, 0.1) is 17.3 Å². The van der Waals surface area contributed by atoms with Gasteiger partial charge in [-0.1, -0.05) is 0 Å². The molecular formula is C8H12N2O2S. The van der Waals surface area contributed by atoms with Gasteiger partial charge < -0.3 is 10.4 Å². The fourth-order valence-corrected chi connectivity index (χ4v) is 1.56. The third kappa shape index (κ3) is 2.78. The highest BCUT2D eigenvalue weighted by atomic mass is 32.1. The summed E-state index contributed by atoms with van der Waals surface area (Å²) in [5, 5.41) is 11.5. The van der Waals surface area contributed by atoms with Crippen molar-refractivity contribution in [2.75, 3.05) is 6.54 Å². The van der Waals surface area contributed by atoms with E-state index in [0.29, 0.717) is 4.88 Å². The number of aliphatic hydroxyl groups excluding tert-OH is 1. The molecule has 2 N–H and O–H groups in total. The average molecular weight is 200 g/mol. The van der Waals surface area contributed by atoms with Gasteiger partial charge in [-0.25, -0.2) is 4.98 Å². The Balaban J connectivity index is 2.54. The first-order chi connectivity index (χ1) is 6.11. The summed E-state index contributed by atoms with van der Waals surface area (Å²) in [6, 6.07) is 0. The fourth-order valence-electron chi connectivity index (χ4n) is 0.841. The van der Waals surface area contributed by atoms with Crippen LogP contribution in [-0.4, -0.2) is 28.6 Å². The van der Waals surface area contributed by atoms with E-state index in [0.717, 1.165) is 5.69 Å². The topological polar surface area (TPSA) is 62.2 Å². The van der Waals surface area contributed by atoms with E-state index in [2.05, 4.69) is 10.3 Å². The van der Waals surface area contributed by atoms with Crippen LogP contribution in [0.5, 0.6) is 0 Å². The molecule has 5 heteroatoms. The second-order valence-electron chi connectivity index (χ2n) is 2.83. The number of rotatable bonds is 3. The first-order valence-corrected chi connectivity index (χ1v) is 4.85. The maximum absolute atomic E-state index is 11.4. The van der Waals surface area contributed by atoms with Crippen LogP contribution in [0.25, 0.3) is 0 Å². The molecule has 0 bridgehead atoms. The molecule has 0 fully saturated rings. The fraction of sp³-hybridized carbons (Fsp3) is 0.500. The molecule has 0 radical (unpaired) electrons. The van der Waals surface area contributed by atoms with Gasteiger partial charge in [0.25, 0.3) is 5.91 Å². The molecule has 1 unspecified atom stereocenters. The molecule has 0 aromatic carbocycles. The monoisotopic (exact) mass is 200 g/mol. The number of hydrogen-bond donors (Lipinski definition) is 2. The number of carbonyl (C=O) groups excluding carboxylic acids is 1. The number of hydrogen-bond acceptors (Lipinski definition) is 4. The number of carbonyl (C=O) groups is 1. The lowest BCUT2D eigenvalue weighted by Crippen LogP contribution is -2.30. The summed E-state index contributed by atoms with van der Waals surface area (Å²) in [5.41, 5.74) is 2.36. The Bertz CT molecular complexity index is 296. The maximum Gasteiger partial charge on any atom is 0.263 e. The Morgan fingerprint density at radius 3 is 3.00 bits per heavy atom. The lowest BCUT2D eigenvalue weighted by atomic mass is 10.3. The number of aromatic nitrogens is 1. The minimum absolute atomic E-state index is 0.166. The SMILES string of the molecule is Cc1ncsc1C(=O)NCC(C)O. The minimum atomic E-state index is -0.517. The second-order valence-corrected chi connectivity index (χ2v) is 3.68. The summed E-state index contributed by atoms with van der Waals surface area (Å²) in [6.07, 6.45) is -0.517. The van der Waals surface area contributed by atoms with Crippen molar-refractivity contribution < 1.29 is 9.90 Å². The highest BCUT2D eigenvalue weighted by Crippen LogP contribution is 2.11. The van der Waals surface area contributed by atoms with Crippen molar-refractivity contribution in [1.29, 1.82) is 0 Å². The predicted molar refractivity (Wildman–Crippen MR) is 50.9 cm³/mol. The number of aliphatic hydroxyl groups is 1. The van der Waals surface area contributed by atoms with Crippen LogP contribution in [0.1, 0.15) is 22.3 Å². The van der Waals surface area contributed by atoms with E-state index in [1.807, 2.05) is 0 Å². The number of aryl methyl sites for hydroxylation is 1. The van der Waals surface area contributed by atoms with Crippen molar-refractivity contribution in [3.05, 3.63) is 16.1 Å². The van der Waals surface area contributed by atoms with Crippen molar-refractivity contribution in [2.45, 2.75) is 20.0 Å². The molecular weight excluding hydrogens is 188 g/mol. The Kier molecular flexibility index (Phi) is 3.39. The quantitative estimate of drug-likeness (QED) is 0.749. The number of amides is 1. The zero-order valence-electron chi connectivity index (χ0n) is 7.57. The molecule has 1 atom stereocenters. The molecule has 0 aliphatic heterocycles. The van der Waals surface area contributed by atoms with Gasteiger partial charge >= 0.3 is 0 Å². The molecule has 0 aliphatic carbocycles. The molecule has 1 rings (SSSR count). The van der Waals surface area contributed by atoms with Crippen molar-refractivity contribution in [1.82, 2.24) is 10.3 Å². The van der Waals surface area contributed by atoms with E-state index < -0.39 is 6.10 Å². The zero-order valence-corrected chi connectivity index (χ0v) is 8.39. The summed E-state index contributed by atoms with van der Waals surface area (Å²) >= 11 is 1.30. The van der Waals surface area contributed by atoms with E-state index >= 15 is 0 Å². The highest BCUT2D eigenvalue weighted by Gasteiger charge is 2.11. The van der Waals surface area contributed by atoms with E-state index in [9.17, 15) is 4.79 Å². The van der Waals surface area contributed by atoms with Gasteiger partial charge in [0.15, 0.2) is 0 Å². The summed E-state index contributed by atoms with van der Waals surface area (Å²) in [6.45, 7) is 3.68. The Labute approximate surface area is 80.6 Å². The molecule has 0 spiro atoms. The summed E-state index contributed by atoms with van der Waals surface area (Å²) in [5.74, 6) is -0.166. The standard InChI is InChI=1S/C8H12N2O2S/c1-5(11)3-9-8(12)7-6(2)10-4-13-7/h4-5,11H,3H2,1-2H3,(H,9,12). The second kappa shape index (κ2) is 4.34. The molecule has 72 valence electrons. The van der Waals surface area contributed by atoms with Crippen LogP contribution in [0.15, 0.2) is 5.51 Å². The largest absolute Gasteiger partial charge is 0.392 e. The third-order valence-electron chi connectivity index (χ3n) is 1.51. The van der Waals surface area contributed by atoms with Crippen LogP contribution in [0.4, 0.5) is 0 Å². The molecule has 1 aromatic heterocycles. The summed E-state index contributed by atoms with van der Waals surface area (Å²) < 4.78 is 0. The summed E-state index contributed by atoms with van der Waals surface area (Å²) in [7, 11) is 0. The van der Waals surface area contributed by atoms with Crippen LogP contribution in [0.3, 0.4) is 0 Å². The Morgan fingerprint density at radius 2 is 2.54 bits per heavy atom. The van der Waals surface area contributed by atoms with Crippen molar-refractivity contribution >= 4 is 17.2 Å². The van der Waals surface area contributed by atoms with Crippen LogP contribution in [0, 0.1) is 6.92 Å². The molecule has 0 saturated heterocycles. The average Bonchev–Trinajstić information content (AvgIpc) is 2.47. The first-order valence-electron chi connectivity index (χ1n) is 3.97. The molecule has 1 amide bonds. The zero-order chi connectivity index (χ0) is 9.84. The lowest BCUT2D eigenvalue weighted by Gasteiger charge is -2.05. The minimum Gasteiger partial charge on any atom is -0.392 e. The molecule has 1 heterocycles. The van der Waals surface area contributed by atoms with Gasteiger partial charge in [0.1, 0.15) is 4.88 Å². The number of thiazole rings is 1. The van der Waals surface area contributed by atoms with Gasteiger partial charge in [0, 0.05) is 6.54 Å². The van der Waals surface area contributed by atoms with Crippen LogP contribution in [-0.2, 0) is 0 Å². The normalized spacial score (nSPS) is 12.5. The van der Waals surface area contributed by atoms with Crippen molar-refractivity contribution in [3.63, 3.8) is 0 Å². The first kappa shape index (κ1) is 10.1. The Morgan fingerprint density at radius 1 is 1.85 bits per heavy atom. The summed E-state index contributed by atoms with van der Waals surface area (Å²) in [4.78, 5) is 16.0. The van der Waals surface area contributed by atoms with Crippen molar-refractivity contribution in [3.8, 4) is 0 Å². The highest BCUT2D eigenvalue weighted by molar-refractivity contribution is 7.11. The van der Waals surface area contributed by atoms with Gasteiger partial charge in [-0.3, -0.25) is 4.79 Å². The number of nitrogens with zero attached hydrogens (tertiary/aromatic N) is 1. The molecule has 0 aliphatic rings. The maximum atomic E-state index is 11.4. The molecule has 4 nitrogen and oxygen atoms in total. The van der Waals surface area contributed by atoms with E-state index in [1.165, 1.54) is 11.3 Å². The van der Waals surface area contributed by atoms with Gasteiger partial charge in [-0.05, 0) is 13.8 Å². The molecule has 0 saturated carbocycles. The van der Waals surface area contributed by atoms with Crippen LogP contribution >= 0.6 is 11.3 Å². The van der Waals surface area contributed by atoms with Gasteiger partial charge in [-0.15, -0.1) is 11.3 Å². The third-order valence-corrected chi connectivity index (χ3v) is 2.44. The lowest BCUT2D eigenvalue weighted by molar-refractivity contribution is 0.0927.